The van der Waals surface area contributed by atoms with Gasteiger partial charge >= 0.3 is 6.03 Å². The van der Waals surface area contributed by atoms with Crippen LogP contribution in [0.5, 0.6) is 0 Å². The van der Waals surface area contributed by atoms with Crippen LogP contribution in [0.4, 0.5) is 10.5 Å². The summed E-state index contributed by atoms with van der Waals surface area (Å²) < 4.78 is 5.42. The van der Waals surface area contributed by atoms with Crippen LogP contribution in [0.25, 0.3) is 0 Å². The first kappa shape index (κ1) is 21.3. The maximum absolute atomic E-state index is 12.6. The molecule has 3 amide bonds. The zero-order chi connectivity index (χ0) is 21.8. The first-order valence-electron chi connectivity index (χ1n) is 10.8. The summed E-state index contributed by atoms with van der Waals surface area (Å²) in [4.78, 5) is 29.3. The fourth-order valence-corrected chi connectivity index (χ4v) is 4.06. The van der Waals surface area contributed by atoms with Gasteiger partial charge in [0.05, 0.1) is 13.2 Å². The second-order valence-electron chi connectivity index (χ2n) is 8.73. The Morgan fingerprint density at radius 2 is 1.58 bits per heavy atom. The van der Waals surface area contributed by atoms with Gasteiger partial charge in [0.25, 0.3) is 5.91 Å². The summed E-state index contributed by atoms with van der Waals surface area (Å²) in [5.74, 6) is -0.116. The Kier molecular flexibility index (Phi) is 6.25. The molecule has 4 rings (SSSR count). The molecular formula is C24H30N4O3. The summed E-state index contributed by atoms with van der Waals surface area (Å²) in [5, 5.41) is 5.96. The standard InChI is InChI=1S/C24H30N4O3/c1-24(2,28-11-13-31-14-12-28)17-25-22(29)18-7-9-21(10-8-18)26-23(30)27-15-19-5-3-4-6-20(19)16-27/h3-10H,11-17H2,1-2H3,(H,25,29)(H,26,30). The Morgan fingerprint density at radius 1 is 0.968 bits per heavy atom. The summed E-state index contributed by atoms with van der Waals surface area (Å²) in [7, 11) is 0. The van der Waals surface area contributed by atoms with E-state index in [1.165, 1.54) is 11.1 Å². The highest BCUT2D eigenvalue weighted by Gasteiger charge is 2.28. The van der Waals surface area contributed by atoms with Crippen LogP contribution in [0.2, 0.25) is 0 Å². The molecule has 2 aliphatic rings. The maximum Gasteiger partial charge on any atom is 0.322 e. The first-order valence-corrected chi connectivity index (χ1v) is 10.8. The fourth-order valence-electron chi connectivity index (χ4n) is 4.06. The second-order valence-corrected chi connectivity index (χ2v) is 8.73. The molecule has 1 saturated heterocycles. The Morgan fingerprint density at radius 3 is 2.19 bits per heavy atom. The van der Waals surface area contributed by atoms with Crippen molar-refractivity contribution in [2.75, 3.05) is 38.2 Å². The lowest BCUT2D eigenvalue weighted by atomic mass is 10.0. The van der Waals surface area contributed by atoms with Gasteiger partial charge in [-0.1, -0.05) is 24.3 Å². The van der Waals surface area contributed by atoms with Crippen LogP contribution in [0.3, 0.4) is 0 Å². The summed E-state index contributed by atoms with van der Waals surface area (Å²) in [5.41, 5.74) is 3.48. The molecule has 2 N–H and O–H groups in total. The molecule has 2 aromatic carbocycles. The molecule has 0 radical (unpaired) electrons. The number of rotatable bonds is 5. The van der Waals surface area contributed by atoms with E-state index in [0.717, 1.165) is 26.3 Å². The molecule has 0 unspecified atom stereocenters. The lowest BCUT2D eigenvalue weighted by Crippen LogP contribution is -2.55. The average molecular weight is 423 g/mol. The SMILES string of the molecule is CC(C)(CNC(=O)c1ccc(NC(=O)N2Cc3ccccc3C2)cc1)N1CCOCC1. The molecule has 0 spiro atoms. The van der Waals surface area contributed by atoms with Gasteiger partial charge < -0.3 is 20.3 Å². The molecule has 2 aliphatic heterocycles. The molecule has 0 bridgehead atoms. The highest BCUT2D eigenvalue weighted by molar-refractivity contribution is 5.95. The highest BCUT2D eigenvalue weighted by atomic mass is 16.5. The number of carbonyl (C=O) groups is 2. The van der Waals surface area contributed by atoms with Gasteiger partial charge in [0.15, 0.2) is 0 Å². The van der Waals surface area contributed by atoms with Crippen molar-refractivity contribution in [3.05, 3.63) is 65.2 Å². The number of carbonyl (C=O) groups excluding carboxylic acids is 2. The van der Waals surface area contributed by atoms with E-state index < -0.39 is 0 Å². The predicted molar refractivity (Wildman–Crippen MR) is 120 cm³/mol. The number of urea groups is 1. The third-order valence-corrected chi connectivity index (χ3v) is 6.08. The smallest absolute Gasteiger partial charge is 0.322 e. The second kappa shape index (κ2) is 9.08. The fraction of sp³-hybridized carbons (Fsp3) is 0.417. The van der Waals surface area contributed by atoms with E-state index in [0.29, 0.717) is 30.9 Å². The summed E-state index contributed by atoms with van der Waals surface area (Å²) >= 11 is 0. The van der Waals surface area contributed by atoms with Crippen LogP contribution < -0.4 is 10.6 Å². The first-order chi connectivity index (χ1) is 14.9. The summed E-state index contributed by atoms with van der Waals surface area (Å²) in [6.07, 6.45) is 0. The number of nitrogens with zero attached hydrogens (tertiary/aromatic N) is 2. The van der Waals surface area contributed by atoms with Crippen molar-refractivity contribution >= 4 is 17.6 Å². The van der Waals surface area contributed by atoms with E-state index in [-0.39, 0.29) is 17.5 Å². The van der Waals surface area contributed by atoms with Crippen LogP contribution in [0.15, 0.2) is 48.5 Å². The number of hydrogen-bond acceptors (Lipinski definition) is 4. The van der Waals surface area contributed by atoms with Crippen molar-refractivity contribution in [2.45, 2.75) is 32.5 Å². The topological polar surface area (TPSA) is 73.9 Å². The van der Waals surface area contributed by atoms with Crippen molar-refractivity contribution in [2.24, 2.45) is 0 Å². The van der Waals surface area contributed by atoms with E-state index >= 15 is 0 Å². The zero-order valence-electron chi connectivity index (χ0n) is 18.2. The lowest BCUT2D eigenvalue weighted by Gasteiger charge is -2.40. The van der Waals surface area contributed by atoms with Gasteiger partial charge in [-0.25, -0.2) is 4.79 Å². The molecule has 0 atom stereocenters. The van der Waals surface area contributed by atoms with Crippen LogP contribution in [0.1, 0.15) is 35.3 Å². The van der Waals surface area contributed by atoms with Gasteiger partial charge in [-0.05, 0) is 49.2 Å². The molecule has 0 aliphatic carbocycles. The average Bonchev–Trinajstić information content (AvgIpc) is 3.23. The number of ether oxygens (including phenoxy) is 1. The van der Waals surface area contributed by atoms with Gasteiger partial charge in [0.2, 0.25) is 0 Å². The molecule has 0 saturated carbocycles. The third kappa shape index (κ3) is 5.06. The minimum atomic E-state index is -0.138. The quantitative estimate of drug-likeness (QED) is 0.777. The number of benzene rings is 2. The van der Waals surface area contributed by atoms with Crippen LogP contribution in [-0.4, -0.2) is 60.1 Å². The monoisotopic (exact) mass is 422 g/mol. The molecule has 2 aromatic rings. The lowest BCUT2D eigenvalue weighted by molar-refractivity contribution is -0.00923. The van der Waals surface area contributed by atoms with E-state index in [1.807, 2.05) is 12.1 Å². The molecular weight excluding hydrogens is 392 g/mol. The number of fused-ring (bicyclic) bond motifs is 1. The minimum Gasteiger partial charge on any atom is -0.379 e. The number of amides is 3. The van der Waals surface area contributed by atoms with Gasteiger partial charge in [0.1, 0.15) is 0 Å². The van der Waals surface area contributed by atoms with Crippen LogP contribution in [0, 0.1) is 0 Å². The highest BCUT2D eigenvalue weighted by Crippen LogP contribution is 2.23. The Bertz CT molecular complexity index is 911. The van der Waals surface area contributed by atoms with Crippen molar-refractivity contribution in [1.29, 1.82) is 0 Å². The Balaban J connectivity index is 1.28. The Hall–Kier alpha value is -2.90. The number of morpholine rings is 1. The van der Waals surface area contributed by atoms with Gasteiger partial charge in [-0.3, -0.25) is 9.69 Å². The van der Waals surface area contributed by atoms with Gasteiger partial charge in [0, 0.05) is 49.5 Å². The minimum absolute atomic E-state index is 0.116. The largest absolute Gasteiger partial charge is 0.379 e. The molecule has 0 aromatic heterocycles. The number of nitrogens with one attached hydrogen (secondary N) is 2. The van der Waals surface area contributed by atoms with Crippen LogP contribution in [-0.2, 0) is 17.8 Å². The molecule has 7 heteroatoms. The third-order valence-electron chi connectivity index (χ3n) is 6.08. The van der Waals surface area contributed by atoms with Crippen molar-refractivity contribution in [1.82, 2.24) is 15.1 Å². The van der Waals surface area contributed by atoms with Crippen LogP contribution >= 0.6 is 0 Å². The number of anilines is 1. The predicted octanol–water partition coefficient (Wildman–Crippen LogP) is 3.07. The summed E-state index contributed by atoms with van der Waals surface area (Å²) in [6, 6.07) is 15.0. The van der Waals surface area contributed by atoms with E-state index in [1.54, 1.807) is 29.2 Å². The van der Waals surface area contributed by atoms with Crippen molar-refractivity contribution in [3.63, 3.8) is 0 Å². The van der Waals surface area contributed by atoms with Crippen molar-refractivity contribution < 1.29 is 14.3 Å². The van der Waals surface area contributed by atoms with E-state index in [2.05, 4.69) is 41.5 Å². The van der Waals surface area contributed by atoms with Gasteiger partial charge in [-0.15, -0.1) is 0 Å². The molecule has 164 valence electrons. The van der Waals surface area contributed by atoms with Crippen molar-refractivity contribution in [3.8, 4) is 0 Å². The maximum atomic E-state index is 12.6. The molecule has 1 fully saturated rings. The normalized spacial score (nSPS) is 16.6. The zero-order valence-corrected chi connectivity index (χ0v) is 18.2. The summed E-state index contributed by atoms with van der Waals surface area (Å²) in [6.45, 7) is 9.26. The van der Waals surface area contributed by atoms with E-state index in [4.69, 9.17) is 4.74 Å². The Labute approximate surface area is 183 Å². The molecule has 31 heavy (non-hydrogen) atoms. The molecule has 7 nitrogen and oxygen atoms in total. The number of hydrogen-bond donors (Lipinski definition) is 2. The van der Waals surface area contributed by atoms with Gasteiger partial charge in [-0.2, -0.15) is 0 Å². The molecule has 2 heterocycles. The van der Waals surface area contributed by atoms with E-state index in [9.17, 15) is 9.59 Å².